The molecular formula is C18H19F6N5S. The molecule has 5 nitrogen and oxygen atoms in total. The van der Waals surface area contributed by atoms with Gasteiger partial charge in [0.25, 0.3) is 0 Å². The summed E-state index contributed by atoms with van der Waals surface area (Å²) >= 11 is 0. The molecule has 1 aromatic heterocycles. The number of rotatable bonds is 5. The highest BCUT2D eigenvalue weighted by Crippen LogP contribution is 2.35. The predicted octanol–water partition coefficient (Wildman–Crippen LogP) is 5.59. The van der Waals surface area contributed by atoms with E-state index in [2.05, 4.69) is 9.46 Å². The second kappa shape index (κ2) is 8.77. The van der Waals surface area contributed by atoms with Crippen molar-refractivity contribution < 1.29 is 26.3 Å². The van der Waals surface area contributed by atoms with E-state index in [9.17, 15) is 26.3 Å². The summed E-state index contributed by atoms with van der Waals surface area (Å²) < 4.78 is 86.1. The molecular weight excluding hydrogens is 432 g/mol. The third kappa shape index (κ3) is 5.02. The molecule has 2 rings (SSSR count). The van der Waals surface area contributed by atoms with Gasteiger partial charge in [0.1, 0.15) is 6.07 Å². The molecule has 12 heteroatoms. The Hall–Kier alpha value is -2.39. The first-order chi connectivity index (χ1) is 13.8. The number of alkyl halides is 6. The first kappa shape index (κ1) is 23.9. The van der Waals surface area contributed by atoms with Gasteiger partial charge < -0.3 is 0 Å². The first-order valence-electron chi connectivity index (χ1n) is 8.80. The van der Waals surface area contributed by atoms with E-state index in [1.54, 1.807) is 19.9 Å². The van der Waals surface area contributed by atoms with Gasteiger partial charge in [-0.05, 0) is 37.1 Å². The highest BCUT2D eigenvalue weighted by Gasteiger charge is 2.38. The van der Waals surface area contributed by atoms with E-state index in [0.717, 1.165) is 27.2 Å². The van der Waals surface area contributed by atoms with Crippen molar-refractivity contribution in [2.75, 3.05) is 13.1 Å². The second-order valence-electron chi connectivity index (χ2n) is 6.28. The van der Waals surface area contributed by atoms with Gasteiger partial charge in [-0.15, -0.1) is 0 Å². The molecule has 2 aromatic rings. The van der Waals surface area contributed by atoms with Crippen LogP contribution in [0.2, 0.25) is 0 Å². The summed E-state index contributed by atoms with van der Waals surface area (Å²) in [4.78, 5) is 0. The number of hydrogen-bond donors (Lipinski definition) is 0. The quantitative estimate of drug-likeness (QED) is 0.557. The molecule has 0 N–H and O–H groups in total. The van der Waals surface area contributed by atoms with Crippen molar-refractivity contribution in [1.29, 1.82) is 5.26 Å². The molecule has 0 saturated carbocycles. The van der Waals surface area contributed by atoms with Crippen LogP contribution in [0.4, 0.5) is 32.2 Å². The molecule has 164 valence electrons. The van der Waals surface area contributed by atoms with Crippen LogP contribution in [0.1, 0.15) is 36.2 Å². The third-order valence-electron chi connectivity index (χ3n) is 4.17. The minimum Gasteiger partial charge on any atom is -0.235 e. The van der Waals surface area contributed by atoms with Gasteiger partial charge in [-0.25, -0.2) is 8.99 Å². The molecule has 0 fully saturated rings. The Morgan fingerprint density at radius 1 is 1.07 bits per heavy atom. The molecule has 1 atom stereocenters. The summed E-state index contributed by atoms with van der Waals surface area (Å²) in [5.74, 6) is -0.259. The molecule has 30 heavy (non-hydrogen) atoms. The van der Waals surface area contributed by atoms with Crippen LogP contribution in [0.25, 0.3) is 5.69 Å². The number of hydrogen-bond acceptors (Lipinski definition) is 3. The smallest absolute Gasteiger partial charge is 0.235 e. The summed E-state index contributed by atoms with van der Waals surface area (Å²) in [7, 11) is -2.53. The number of halogens is 6. The van der Waals surface area contributed by atoms with Crippen LogP contribution >= 0.6 is 0 Å². The Morgan fingerprint density at radius 3 is 2.00 bits per heavy atom. The van der Waals surface area contributed by atoms with Crippen LogP contribution in [0, 0.1) is 25.2 Å². The molecule has 0 radical (unpaired) electrons. The van der Waals surface area contributed by atoms with E-state index in [-0.39, 0.29) is 41.4 Å². The Labute approximate surface area is 172 Å². The summed E-state index contributed by atoms with van der Waals surface area (Å²) in [5, 5.41) is 13.1. The molecule has 0 aliphatic heterocycles. The minimum absolute atomic E-state index is 0.0835. The Balaban J connectivity index is 2.77. The van der Waals surface area contributed by atoms with Crippen molar-refractivity contribution in [3.05, 3.63) is 40.6 Å². The Morgan fingerprint density at radius 2 is 1.60 bits per heavy atom. The summed E-state index contributed by atoms with van der Waals surface area (Å²) in [6.07, 6.45) is -4.57. The lowest BCUT2D eigenvalue weighted by molar-refractivity contribution is -0.137. The predicted molar refractivity (Wildman–Crippen MR) is 101 cm³/mol. The Kier molecular flexibility index (Phi) is 6.98. The minimum atomic E-state index is -4.67. The lowest BCUT2D eigenvalue weighted by atomic mass is 10.0. The van der Waals surface area contributed by atoms with Crippen molar-refractivity contribution in [3.63, 3.8) is 0 Å². The summed E-state index contributed by atoms with van der Waals surface area (Å²) in [6.45, 7) is 6.08. The normalized spacial score (nSPS) is 13.7. The first-order valence-corrected chi connectivity index (χ1v) is 9.94. The Bertz CT molecular complexity index is 973. The van der Waals surface area contributed by atoms with Gasteiger partial charge in [-0.2, -0.15) is 41.1 Å². The van der Waals surface area contributed by atoms with Gasteiger partial charge in [0.15, 0.2) is 11.5 Å². The van der Waals surface area contributed by atoms with Gasteiger partial charge in [0, 0.05) is 19.2 Å². The van der Waals surface area contributed by atoms with E-state index in [1.807, 2.05) is 0 Å². The van der Waals surface area contributed by atoms with E-state index in [0.29, 0.717) is 0 Å². The zero-order chi connectivity index (χ0) is 22.9. The highest BCUT2D eigenvalue weighted by molar-refractivity contribution is 7.86. The maximum absolute atomic E-state index is 13.7. The molecule has 1 heterocycles. The highest BCUT2D eigenvalue weighted by atomic mass is 32.2. The molecule has 1 aromatic carbocycles. The van der Waals surface area contributed by atoms with Gasteiger partial charge in [0.05, 0.1) is 22.1 Å². The lowest BCUT2D eigenvalue weighted by Crippen LogP contribution is -2.34. The molecule has 0 aliphatic carbocycles. The van der Waals surface area contributed by atoms with Crippen LogP contribution in [0.3, 0.4) is 0 Å². The van der Waals surface area contributed by atoms with Crippen molar-refractivity contribution in [1.82, 2.24) is 14.1 Å². The lowest BCUT2D eigenvalue weighted by Gasteiger charge is -2.23. The topological polar surface area (TPSA) is 57.2 Å². The number of aryl methyl sites for hydroxylation is 2. The average Bonchev–Trinajstić information content (AvgIpc) is 3.02. The molecule has 1 unspecified atom stereocenters. The van der Waals surface area contributed by atoms with Crippen molar-refractivity contribution >= 4 is 16.7 Å². The van der Waals surface area contributed by atoms with Crippen molar-refractivity contribution in [2.45, 2.75) is 39.4 Å². The van der Waals surface area contributed by atoms with Crippen LogP contribution in [0.5, 0.6) is 0 Å². The number of nitrogens with zero attached hydrogens (tertiary/aromatic N) is 5. The molecule has 0 saturated heterocycles. The third-order valence-corrected chi connectivity index (χ3v) is 5.95. The summed E-state index contributed by atoms with van der Waals surface area (Å²) in [5.41, 5.74) is -5.32. The monoisotopic (exact) mass is 451 g/mol. The van der Waals surface area contributed by atoms with Gasteiger partial charge >= 0.3 is 11.7 Å². The number of benzene rings is 1. The van der Waals surface area contributed by atoms with Gasteiger partial charge in [-0.1, -0.05) is 13.8 Å². The van der Waals surface area contributed by atoms with E-state index >= 15 is 0 Å². The van der Waals surface area contributed by atoms with Crippen LogP contribution in [-0.2, 0) is 17.1 Å². The zero-order valence-electron chi connectivity index (χ0n) is 16.6. The van der Waals surface area contributed by atoms with Crippen molar-refractivity contribution in [3.8, 4) is 11.8 Å². The fraction of sp³-hybridized carbons (Fsp3) is 0.444. The van der Waals surface area contributed by atoms with E-state index < -0.39 is 28.1 Å². The van der Waals surface area contributed by atoms with Crippen LogP contribution in [0.15, 0.2) is 22.6 Å². The molecule has 0 amide bonds. The fourth-order valence-corrected chi connectivity index (χ4v) is 4.23. The maximum Gasteiger partial charge on any atom is 0.466 e. The fourth-order valence-electron chi connectivity index (χ4n) is 2.92. The SMILES string of the molecule is CCN(CC)/S(=N/c1cc(C#N)nn1-c1c(C)cc(C(F)(F)F)cc1C)C(F)(F)F. The van der Waals surface area contributed by atoms with Crippen LogP contribution < -0.4 is 0 Å². The molecule has 0 aliphatic rings. The van der Waals surface area contributed by atoms with Gasteiger partial charge in [0.2, 0.25) is 0 Å². The molecule has 0 bridgehead atoms. The van der Waals surface area contributed by atoms with Gasteiger partial charge in [-0.3, -0.25) is 0 Å². The average molecular weight is 451 g/mol. The number of nitriles is 1. The zero-order valence-corrected chi connectivity index (χ0v) is 17.4. The summed E-state index contributed by atoms with van der Waals surface area (Å²) in [6, 6.07) is 4.59. The van der Waals surface area contributed by atoms with Crippen molar-refractivity contribution in [2.24, 2.45) is 4.36 Å². The second-order valence-corrected chi connectivity index (χ2v) is 7.97. The number of aromatic nitrogens is 2. The van der Waals surface area contributed by atoms with E-state index in [4.69, 9.17) is 5.26 Å². The maximum atomic E-state index is 13.7. The molecule has 0 spiro atoms. The standard InChI is InChI=1S/C18H19F6N5S/c1-5-28(6-2)30(18(22,23)24)27-15-9-14(10-25)26-29(15)16-11(3)7-13(8-12(16)4)17(19,20)21/h7-9H,5-6H2,1-4H3. The van der Waals surface area contributed by atoms with Crippen LogP contribution in [-0.4, -0.2) is 32.7 Å². The largest absolute Gasteiger partial charge is 0.466 e. The van der Waals surface area contributed by atoms with E-state index in [1.165, 1.54) is 13.8 Å².